The number of nitriles is 1. The highest BCUT2D eigenvalue weighted by atomic mass is 16.5. The molecule has 2 atom stereocenters. The number of H-pyrrole nitrogens is 1. The lowest BCUT2D eigenvalue weighted by molar-refractivity contribution is -0.119. The fourth-order valence-electron chi connectivity index (χ4n) is 4.19. The summed E-state index contributed by atoms with van der Waals surface area (Å²) < 4.78 is 5.57. The summed E-state index contributed by atoms with van der Waals surface area (Å²) in [6.45, 7) is 6.19. The molecule has 2 N–H and O–H groups in total. The zero-order chi connectivity index (χ0) is 21.3. The first-order valence-electron chi connectivity index (χ1n) is 10.3. The van der Waals surface area contributed by atoms with Gasteiger partial charge in [0.2, 0.25) is 11.9 Å². The van der Waals surface area contributed by atoms with Crippen molar-refractivity contribution in [3.05, 3.63) is 45.7 Å². The minimum atomic E-state index is -1.03. The van der Waals surface area contributed by atoms with E-state index < -0.39 is 17.7 Å². The van der Waals surface area contributed by atoms with Gasteiger partial charge in [-0.2, -0.15) is 10.2 Å². The number of nitrogens with one attached hydrogen (secondary N) is 2. The van der Waals surface area contributed by atoms with Crippen LogP contribution in [0.1, 0.15) is 43.7 Å². The quantitative estimate of drug-likeness (QED) is 0.806. The summed E-state index contributed by atoms with van der Waals surface area (Å²) >= 11 is 0. The maximum atomic E-state index is 13.1. The Bertz CT molecular complexity index is 1050. The van der Waals surface area contributed by atoms with E-state index in [-0.39, 0.29) is 11.4 Å². The van der Waals surface area contributed by atoms with E-state index in [1.807, 2.05) is 11.8 Å². The van der Waals surface area contributed by atoms with Crippen LogP contribution in [0.5, 0.6) is 5.75 Å². The van der Waals surface area contributed by atoms with Crippen LogP contribution in [0.3, 0.4) is 0 Å². The Morgan fingerprint density at radius 1 is 1.30 bits per heavy atom. The van der Waals surface area contributed by atoms with Gasteiger partial charge in [0.05, 0.1) is 18.2 Å². The van der Waals surface area contributed by atoms with Crippen LogP contribution < -0.4 is 20.5 Å². The van der Waals surface area contributed by atoms with Crippen LogP contribution in [0.25, 0.3) is 0 Å². The summed E-state index contributed by atoms with van der Waals surface area (Å²) in [7, 11) is 0. The van der Waals surface area contributed by atoms with Crippen LogP contribution in [0.2, 0.25) is 0 Å². The summed E-state index contributed by atoms with van der Waals surface area (Å²) in [5.74, 6) is -0.233. The number of benzene rings is 1. The van der Waals surface area contributed by atoms with E-state index in [1.165, 1.54) is 0 Å². The molecule has 0 radical (unpaired) electrons. The van der Waals surface area contributed by atoms with E-state index in [2.05, 4.69) is 28.3 Å². The molecule has 8 nitrogen and oxygen atoms in total. The van der Waals surface area contributed by atoms with Crippen molar-refractivity contribution in [2.45, 2.75) is 32.6 Å². The van der Waals surface area contributed by atoms with Crippen molar-refractivity contribution < 1.29 is 9.53 Å². The molecular formula is C22H25N5O3. The third kappa shape index (κ3) is 3.63. The van der Waals surface area contributed by atoms with Crippen molar-refractivity contribution in [2.75, 3.05) is 29.9 Å². The van der Waals surface area contributed by atoms with Crippen LogP contribution in [-0.4, -0.2) is 35.6 Å². The first-order chi connectivity index (χ1) is 14.5. The predicted molar refractivity (Wildman–Crippen MR) is 113 cm³/mol. The molecule has 4 rings (SSSR count). The Hall–Kier alpha value is -3.34. The van der Waals surface area contributed by atoms with Gasteiger partial charge < -0.3 is 15.0 Å². The van der Waals surface area contributed by atoms with Gasteiger partial charge >= 0.3 is 0 Å². The van der Waals surface area contributed by atoms with Crippen LogP contribution in [-0.2, 0) is 4.79 Å². The number of fused-ring (bicyclic) bond motifs is 1. The number of rotatable bonds is 4. The van der Waals surface area contributed by atoms with Gasteiger partial charge in [-0.1, -0.05) is 19.1 Å². The zero-order valence-corrected chi connectivity index (χ0v) is 17.1. The molecule has 1 amide bonds. The molecule has 1 aromatic heterocycles. The monoisotopic (exact) mass is 407 g/mol. The van der Waals surface area contributed by atoms with Crippen molar-refractivity contribution in [2.24, 2.45) is 11.8 Å². The van der Waals surface area contributed by atoms with Crippen LogP contribution in [0, 0.1) is 23.2 Å². The molecule has 156 valence electrons. The third-order valence-corrected chi connectivity index (χ3v) is 5.86. The van der Waals surface area contributed by atoms with Gasteiger partial charge in [-0.15, -0.1) is 0 Å². The molecule has 1 fully saturated rings. The Morgan fingerprint density at radius 2 is 2.07 bits per heavy atom. The molecular weight excluding hydrogens is 382 g/mol. The van der Waals surface area contributed by atoms with Crippen molar-refractivity contribution in [3.63, 3.8) is 0 Å². The molecule has 30 heavy (non-hydrogen) atoms. The Labute approximate surface area is 174 Å². The maximum absolute atomic E-state index is 13.1. The summed E-state index contributed by atoms with van der Waals surface area (Å²) in [4.78, 5) is 35.3. The fourth-order valence-corrected chi connectivity index (χ4v) is 4.19. The Morgan fingerprint density at radius 3 is 2.77 bits per heavy atom. The molecule has 0 bridgehead atoms. The maximum Gasteiger partial charge on any atom is 0.258 e. The molecule has 3 heterocycles. The van der Waals surface area contributed by atoms with Crippen molar-refractivity contribution in [1.29, 1.82) is 5.26 Å². The molecule has 1 saturated heterocycles. The Balaban J connectivity index is 1.79. The molecule has 2 aliphatic heterocycles. The minimum absolute atomic E-state index is 0.232. The molecule has 0 saturated carbocycles. The van der Waals surface area contributed by atoms with Gasteiger partial charge in [-0.25, -0.2) is 0 Å². The van der Waals surface area contributed by atoms with E-state index in [0.29, 0.717) is 35.3 Å². The molecule has 0 aliphatic carbocycles. The lowest BCUT2D eigenvalue weighted by Gasteiger charge is -2.33. The normalized spacial score (nSPS) is 21.5. The second-order valence-electron chi connectivity index (χ2n) is 7.90. The lowest BCUT2D eigenvalue weighted by Crippen LogP contribution is -2.40. The van der Waals surface area contributed by atoms with Crippen LogP contribution in [0.4, 0.5) is 11.8 Å². The van der Waals surface area contributed by atoms with Crippen molar-refractivity contribution in [3.8, 4) is 11.8 Å². The molecule has 2 unspecified atom stereocenters. The van der Waals surface area contributed by atoms with Gasteiger partial charge in [0.15, 0.2) is 0 Å². The number of carbonyl (C=O) groups is 1. The van der Waals surface area contributed by atoms with E-state index in [0.717, 1.165) is 25.9 Å². The second kappa shape index (κ2) is 8.19. The predicted octanol–water partition coefficient (Wildman–Crippen LogP) is 2.63. The average molecular weight is 407 g/mol. The highest BCUT2D eigenvalue weighted by molar-refractivity contribution is 5.98. The number of ether oxygens (including phenoxy) is 1. The number of aromatic nitrogens is 2. The second-order valence-corrected chi connectivity index (χ2v) is 7.90. The highest BCUT2D eigenvalue weighted by Crippen LogP contribution is 2.39. The van der Waals surface area contributed by atoms with Gasteiger partial charge in [-0.3, -0.25) is 14.6 Å². The van der Waals surface area contributed by atoms with Crippen molar-refractivity contribution >= 4 is 17.7 Å². The molecule has 8 heteroatoms. The topological polar surface area (TPSA) is 111 Å². The summed E-state index contributed by atoms with van der Waals surface area (Å²) in [5, 5.41) is 12.4. The first-order valence-corrected chi connectivity index (χ1v) is 10.3. The fraction of sp³-hybridized carbons (Fsp3) is 0.455. The largest absolute Gasteiger partial charge is 0.494 e. The molecule has 0 spiro atoms. The van der Waals surface area contributed by atoms with E-state index in [1.54, 1.807) is 24.3 Å². The van der Waals surface area contributed by atoms with Crippen LogP contribution >= 0.6 is 0 Å². The van der Waals surface area contributed by atoms with Gasteiger partial charge in [-0.05, 0) is 43.4 Å². The van der Waals surface area contributed by atoms with E-state index in [9.17, 15) is 14.9 Å². The standard InChI is InChI=1S/C22H25N5O3/c1-3-30-15-6-4-5-14(11-15)17-16(12-23)20(28)24-19-18(17)21(29)26-22(25-19)27-9-7-13(2)8-10-27/h4-6,11,13,16-17H,3,7-10H2,1-2H3,(H2,24,25,26,28,29). The lowest BCUT2D eigenvalue weighted by atomic mass is 9.79. The van der Waals surface area contributed by atoms with Crippen molar-refractivity contribution in [1.82, 2.24) is 9.97 Å². The zero-order valence-electron chi connectivity index (χ0n) is 17.1. The average Bonchev–Trinajstić information content (AvgIpc) is 2.73. The number of carbonyl (C=O) groups excluding carboxylic acids is 1. The van der Waals surface area contributed by atoms with Gasteiger partial charge in [0, 0.05) is 19.0 Å². The number of hydrogen-bond donors (Lipinski definition) is 2. The Kier molecular flexibility index (Phi) is 5.44. The summed E-state index contributed by atoms with van der Waals surface area (Å²) in [6.07, 6.45) is 2.05. The number of anilines is 2. The third-order valence-electron chi connectivity index (χ3n) is 5.86. The van der Waals surface area contributed by atoms with E-state index >= 15 is 0 Å². The smallest absolute Gasteiger partial charge is 0.258 e. The molecule has 2 aromatic rings. The minimum Gasteiger partial charge on any atom is -0.494 e. The first kappa shape index (κ1) is 20.0. The number of amides is 1. The van der Waals surface area contributed by atoms with Crippen LogP contribution in [0.15, 0.2) is 29.1 Å². The number of aromatic amines is 1. The summed E-state index contributed by atoms with van der Waals surface area (Å²) in [6, 6.07) is 9.25. The SMILES string of the molecule is CCOc1cccc(C2c3c(nc(N4CCC(C)CC4)[nH]c3=O)NC(=O)C2C#N)c1. The number of nitrogens with zero attached hydrogens (tertiary/aromatic N) is 3. The highest BCUT2D eigenvalue weighted by Gasteiger charge is 2.40. The van der Waals surface area contributed by atoms with Gasteiger partial charge in [0.1, 0.15) is 17.5 Å². The number of piperidine rings is 1. The molecule has 2 aliphatic rings. The van der Waals surface area contributed by atoms with Gasteiger partial charge in [0.25, 0.3) is 5.56 Å². The van der Waals surface area contributed by atoms with E-state index in [4.69, 9.17) is 4.74 Å². The molecule has 1 aromatic carbocycles. The number of hydrogen-bond acceptors (Lipinski definition) is 6. The summed E-state index contributed by atoms with van der Waals surface area (Å²) in [5.41, 5.74) is 0.653.